The number of carbonyl (C=O) groups is 1. The van der Waals surface area contributed by atoms with Gasteiger partial charge in [0.15, 0.2) is 6.61 Å². The lowest BCUT2D eigenvalue weighted by Gasteiger charge is -2.20. The lowest BCUT2D eigenvalue weighted by molar-refractivity contribution is -0.157. The van der Waals surface area contributed by atoms with Crippen LogP contribution >= 0.6 is 11.8 Å². The van der Waals surface area contributed by atoms with Crippen LogP contribution in [0.4, 0.5) is 0 Å². The molecule has 1 aliphatic heterocycles. The van der Waals surface area contributed by atoms with Crippen LogP contribution in [-0.2, 0) is 16.0 Å². The Morgan fingerprint density at radius 1 is 1.33 bits per heavy atom. The third kappa shape index (κ3) is 4.69. The van der Waals surface area contributed by atoms with E-state index in [1.54, 1.807) is 0 Å². The molecule has 4 nitrogen and oxygen atoms in total. The van der Waals surface area contributed by atoms with E-state index >= 15 is 0 Å². The highest BCUT2D eigenvalue weighted by Gasteiger charge is 2.20. The number of benzene rings is 1. The molecule has 5 heteroatoms. The molecule has 0 aliphatic carbocycles. The molecule has 2 rings (SSSR count). The zero-order chi connectivity index (χ0) is 17.9. The van der Waals surface area contributed by atoms with Crippen LogP contribution in [0.1, 0.15) is 45.7 Å². The molecule has 24 heavy (non-hydrogen) atoms. The molecular formula is C19H27NO3S. The van der Waals surface area contributed by atoms with E-state index in [2.05, 4.69) is 37.9 Å². The molecule has 0 saturated heterocycles. The van der Waals surface area contributed by atoms with Gasteiger partial charge in [-0.15, -0.1) is 11.8 Å². The Bertz CT molecular complexity index is 647. The van der Waals surface area contributed by atoms with Crippen molar-refractivity contribution in [3.63, 3.8) is 0 Å². The van der Waals surface area contributed by atoms with Gasteiger partial charge in [0.25, 0.3) is 0 Å². The van der Waals surface area contributed by atoms with Crippen LogP contribution in [-0.4, -0.2) is 36.0 Å². The van der Waals surface area contributed by atoms with Gasteiger partial charge in [-0.05, 0) is 51.3 Å². The molecule has 0 bridgehead atoms. The monoisotopic (exact) mass is 349 g/mol. The number of rotatable bonds is 5. The molecule has 1 heterocycles. The summed E-state index contributed by atoms with van der Waals surface area (Å²) >= 11 is 1.82. The maximum absolute atomic E-state index is 11.9. The Morgan fingerprint density at radius 2 is 2.04 bits per heavy atom. The van der Waals surface area contributed by atoms with Gasteiger partial charge in [-0.1, -0.05) is 19.1 Å². The number of thioether (sulfide) groups is 1. The predicted octanol–water partition coefficient (Wildman–Crippen LogP) is 4.29. The van der Waals surface area contributed by atoms with E-state index < -0.39 is 5.60 Å². The fraction of sp³-hybridized carbons (Fsp3) is 0.526. The molecule has 0 fully saturated rings. The number of aryl methyl sites for hydroxylation is 1. The summed E-state index contributed by atoms with van der Waals surface area (Å²) in [7, 11) is 2.09. The number of nitrogens with zero attached hydrogens (tertiary/aromatic N) is 1. The first-order chi connectivity index (χ1) is 11.2. The van der Waals surface area contributed by atoms with E-state index in [1.165, 1.54) is 10.6 Å². The molecular weight excluding hydrogens is 322 g/mol. The predicted molar refractivity (Wildman–Crippen MR) is 100.0 cm³/mol. The molecule has 1 aromatic carbocycles. The lowest BCUT2D eigenvalue weighted by Crippen LogP contribution is -2.27. The fourth-order valence-electron chi connectivity index (χ4n) is 2.46. The van der Waals surface area contributed by atoms with Gasteiger partial charge in [0.2, 0.25) is 0 Å². The van der Waals surface area contributed by atoms with Gasteiger partial charge >= 0.3 is 5.97 Å². The summed E-state index contributed by atoms with van der Waals surface area (Å²) in [6.07, 6.45) is 0.856. The normalized spacial score (nSPS) is 15.0. The van der Waals surface area contributed by atoms with Crippen molar-refractivity contribution in [2.75, 3.05) is 19.5 Å². The van der Waals surface area contributed by atoms with Crippen LogP contribution < -0.4 is 4.74 Å². The second-order valence-electron chi connectivity index (χ2n) is 6.94. The summed E-state index contributed by atoms with van der Waals surface area (Å²) in [6.45, 7) is 9.70. The SMILES string of the molecule is CCc1ccc(C2=C(C)N(C)CS2)cc1OCC(=O)OC(C)(C)C. The third-order valence-electron chi connectivity index (χ3n) is 3.78. The van der Waals surface area contributed by atoms with Crippen molar-refractivity contribution in [2.45, 2.75) is 46.6 Å². The Morgan fingerprint density at radius 3 is 2.58 bits per heavy atom. The number of ether oxygens (including phenoxy) is 2. The van der Waals surface area contributed by atoms with Gasteiger partial charge in [0.1, 0.15) is 11.4 Å². The van der Waals surface area contributed by atoms with Crippen LogP contribution in [0, 0.1) is 0 Å². The summed E-state index contributed by atoms with van der Waals surface area (Å²) in [5, 5.41) is 0. The highest BCUT2D eigenvalue weighted by atomic mass is 32.2. The standard InChI is InChI=1S/C19H27NO3S/c1-7-14-8-9-15(18-13(2)20(6)12-24-18)10-16(14)22-11-17(21)23-19(3,4)5/h8-10H,7,11-12H2,1-6H3. The number of allylic oxidation sites excluding steroid dienone is 1. The summed E-state index contributed by atoms with van der Waals surface area (Å²) in [5.74, 6) is 1.38. The molecule has 0 saturated carbocycles. The van der Waals surface area contributed by atoms with Gasteiger partial charge in [-0.2, -0.15) is 0 Å². The van der Waals surface area contributed by atoms with E-state index in [0.29, 0.717) is 0 Å². The van der Waals surface area contributed by atoms with Crippen LogP contribution in [0.15, 0.2) is 23.9 Å². The van der Waals surface area contributed by atoms with Crippen molar-refractivity contribution in [2.24, 2.45) is 0 Å². The Kier molecular flexibility index (Phi) is 5.86. The number of carbonyl (C=O) groups excluding carboxylic acids is 1. The maximum atomic E-state index is 11.9. The van der Waals surface area contributed by atoms with Crippen LogP contribution in [0.2, 0.25) is 0 Å². The van der Waals surface area contributed by atoms with E-state index in [9.17, 15) is 4.79 Å². The van der Waals surface area contributed by atoms with Crippen molar-refractivity contribution in [3.8, 4) is 5.75 Å². The Balaban J connectivity index is 2.17. The maximum Gasteiger partial charge on any atom is 0.344 e. The quantitative estimate of drug-likeness (QED) is 0.741. The summed E-state index contributed by atoms with van der Waals surface area (Å²) in [4.78, 5) is 15.4. The minimum absolute atomic E-state index is 0.0706. The lowest BCUT2D eigenvalue weighted by atomic mass is 10.1. The second-order valence-corrected chi connectivity index (χ2v) is 7.89. The van der Waals surface area contributed by atoms with Gasteiger partial charge in [0.05, 0.1) is 5.88 Å². The fourth-order valence-corrected chi connectivity index (χ4v) is 3.63. The van der Waals surface area contributed by atoms with E-state index in [-0.39, 0.29) is 12.6 Å². The minimum atomic E-state index is -0.497. The largest absolute Gasteiger partial charge is 0.482 e. The topological polar surface area (TPSA) is 38.8 Å². The Hall–Kier alpha value is -1.62. The molecule has 1 aromatic rings. The number of esters is 1. The summed E-state index contributed by atoms with van der Waals surface area (Å²) in [6, 6.07) is 6.25. The molecule has 1 aliphatic rings. The van der Waals surface area contributed by atoms with Crippen LogP contribution in [0.25, 0.3) is 4.91 Å². The average molecular weight is 349 g/mol. The van der Waals surface area contributed by atoms with Crippen molar-refractivity contribution >= 4 is 22.6 Å². The second kappa shape index (κ2) is 7.51. The minimum Gasteiger partial charge on any atom is -0.482 e. The first kappa shape index (κ1) is 18.7. The molecule has 0 N–H and O–H groups in total. The molecule has 0 unspecified atom stereocenters. The zero-order valence-electron chi connectivity index (χ0n) is 15.4. The van der Waals surface area contributed by atoms with Gasteiger partial charge in [0, 0.05) is 17.6 Å². The van der Waals surface area contributed by atoms with E-state index in [1.807, 2.05) is 38.6 Å². The molecule has 132 valence electrons. The average Bonchev–Trinajstić information content (AvgIpc) is 2.83. The van der Waals surface area contributed by atoms with Crippen molar-refractivity contribution in [3.05, 3.63) is 35.0 Å². The molecule has 0 spiro atoms. The third-order valence-corrected chi connectivity index (χ3v) is 5.12. The van der Waals surface area contributed by atoms with Crippen molar-refractivity contribution in [1.29, 1.82) is 0 Å². The van der Waals surface area contributed by atoms with Gasteiger partial charge in [-0.25, -0.2) is 4.79 Å². The summed E-state index contributed by atoms with van der Waals surface area (Å²) in [5.41, 5.74) is 3.00. The van der Waals surface area contributed by atoms with Crippen molar-refractivity contribution < 1.29 is 14.3 Å². The Labute approximate surface area is 149 Å². The first-order valence-electron chi connectivity index (χ1n) is 8.24. The highest BCUT2D eigenvalue weighted by molar-refractivity contribution is 8.08. The number of hydrogen-bond acceptors (Lipinski definition) is 5. The summed E-state index contributed by atoms with van der Waals surface area (Å²) < 4.78 is 11.1. The van der Waals surface area contributed by atoms with Crippen LogP contribution in [0.3, 0.4) is 0 Å². The van der Waals surface area contributed by atoms with Crippen LogP contribution in [0.5, 0.6) is 5.75 Å². The first-order valence-corrected chi connectivity index (χ1v) is 9.22. The van der Waals surface area contributed by atoms with Crippen molar-refractivity contribution in [1.82, 2.24) is 4.90 Å². The van der Waals surface area contributed by atoms with Gasteiger partial charge < -0.3 is 14.4 Å². The van der Waals surface area contributed by atoms with E-state index in [4.69, 9.17) is 9.47 Å². The molecule has 0 aromatic heterocycles. The zero-order valence-corrected chi connectivity index (χ0v) is 16.3. The van der Waals surface area contributed by atoms with E-state index in [0.717, 1.165) is 29.2 Å². The van der Waals surface area contributed by atoms with Gasteiger partial charge in [-0.3, -0.25) is 0 Å². The molecule has 0 amide bonds. The smallest absolute Gasteiger partial charge is 0.344 e. The number of hydrogen-bond donors (Lipinski definition) is 0. The molecule has 0 radical (unpaired) electrons. The highest BCUT2D eigenvalue weighted by Crippen LogP contribution is 2.39. The molecule has 0 atom stereocenters.